The van der Waals surface area contributed by atoms with Crippen LogP contribution < -0.4 is 5.32 Å². The molecule has 0 fully saturated rings. The van der Waals surface area contributed by atoms with Crippen molar-refractivity contribution in [3.8, 4) is 11.1 Å². The molecule has 0 bridgehead atoms. The molecule has 0 aliphatic rings. The van der Waals surface area contributed by atoms with Crippen molar-refractivity contribution in [3.05, 3.63) is 118 Å². The molecular weight excluding hydrogens is 512 g/mol. The lowest BCUT2D eigenvalue weighted by Gasteiger charge is -2.24. The molecule has 2 amide bonds. The van der Waals surface area contributed by atoms with E-state index >= 15 is 0 Å². The first kappa shape index (κ1) is 27.8. The van der Waals surface area contributed by atoms with Crippen LogP contribution >= 0.6 is 11.3 Å². The van der Waals surface area contributed by atoms with Gasteiger partial charge in [0.25, 0.3) is 11.8 Å². The van der Waals surface area contributed by atoms with Crippen LogP contribution in [0.5, 0.6) is 0 Å². The lowest BCUT2D eigenvalue weighted by atomic mass is 9.94. The van der Waals surface area contributed by atoms with Gasteiger partial charge < -0.3 is 20.4 Å². The normalized spacial score (nSPS) is 11.5. The molecule has 0 aliphatic carbocycles. The summed E-state index contributed by atoms with van der Waals surface area (Å²) in [5.74, 6) is -1.65. The number of carbonyl (C=O) groups is 3. The van der Waals surface area contributed by atoms with Gasteiger partial charge >= 0.3 is 5.97 Å². The van der Waals surface area contributed by atoms with Crippen molar-refractivity contribution in [1.29, 1.82) is 0 Å². The van der Waals surface area contributed by atoms with Crippen molar-refractivity contribution in [1.82, 2.24) is 10.2 Å². The van der Waals surface area contributed by atoms with Gasteiger partial charge in [-0.2, -0.15) is 0 Å². The Morgan fingerprint density at radius 2 is 1.44 bits per heavy atom. The number of hydrogen-bond donors (Lipinski definition) is 3. The summed E-state index contributed by atoms with van der Waals surface area (Å²) < 4.78 is 0. The molecule has 0 saturated heterocycles. The van der Waals surface area contributed by atoms with Crippen LogP contribution in [0.2, 0.25) is 0 Å². The number of hydrogen-bond acceptors (Lipinski definition) is 5. The number of aliphatic hydroxyl groups excluding tert-OH is 1. The maximum absolute atomic E-state index is 13.8. The number of carboxylic acid groups (broad SMARTS) is 1. The van der Waals surface area contributed by atoms with Gasteiger partial charge in [-0.25, -0.2) is 0 Å². The zero-order valence-corrected chi connectivity index (χ0v) is 22.1. The Kier molecular flexibility index (Phi) is 9.61. The fraction of sp³-hybridized carbons (Fsp3) is 0.194. The Hall–Kier alpha value is -4.27. The standard InChI is InChI=1S/C31H30N2O5S/c34-21-28(22-9-2-1-3-10-22)32-30(37)26-14-6-4-12-24(26)25-13-5-7-15-27(25)31(38)33(19-17-29(35)36)18-16-23-11-8-20-39-23/h1-15,20,28,34H,16-19,21H2,(H,32,37)(H,35,36)/t28-/m0/s1. The van der Waals surface area contributed by atoms with Crippen LogP contribution in [0, 0.1) is 0 Å². The van der Waals surface area contributed by atoms with Crippen molar-refractivity contribution in [3.63, 3.8) is 0 Å². The first-order valence-electron chi connectivity index (χ1n) is 12.7. The predicted octanol–water partition coefficient (Wildman–Crippen LogP) is 5.04. The van der Waals surface area contributed by atoms with E-state index in [9.17, 15) is 24.6 Å². The Bertz CT molecular complexity index is 1410. The molecule has 1 atom stereocenters. The molecule has 0 radical (unpaired) electrons. The van der Waals surface area contributed by atoms with E-state index in [4.69, 9.17) is 0 Å². The van der Waals surface area contributed by atoms with Gasteiger partial charge in [0.1, 0.15) is 0 Å². The Balaban J connectivity index is 1.64. The molecular formula is C31H30N2O5S. The highest BCUT2D eigenvalue weighted by Gasteiger charge is 2.23. The highest BCUT2D eigenvalue weighted by Crippen LogP contribution is 2.29. The molecule has 3 N–H and O–H groups in total. The van der Waals surface area contributed by atoms with E-state index < -0.39 is 12.0 Å². The number of aliphatic hydroxyl groups is 1. The number of aliphatic carboxylic acids is 1. The molecule has 39 heavy (non-hydrogen) atoms. The van der Waals surface area contributed by atoms with E-state index in [1.54, 1.807) is 64.8 Å². The number of amides is 2. The summed E-state index contributed by atoms with van der Waals surface area (Å²) in [5, 5.41) is 24.1. The monoisotopic (exact) mass is 542 g/mol. The Morgan fingerprint density at radius 3 is 2.08 bits per heavy atom. The van der Waals surface area contributed by atoms with Crippen LogP contribution in [-0.4, -0.2) is 52.6 Å². The van der Waals surface area contributed by atoms with Gasteiger partial charge in [0.15, 0.2) is 0 Å². The molecule has 0 saturated carbocycles. The van der Waals surface area contributed by atoms with E-state index in [1.165, 1.54) is 0 Å². The van der Waals surface area contributed by atoms with Crippen LogP contribution in [0.3, 0.4) is 0 Å². The van der Waals surface area contributed by atoms with E-state index in [0.29, 0.717) is 35.2 Å². The number of carboxylic acids is 1. The number of carbonyl (C=O) groups excluding carboxylic acids is 2. The minimum absolute atomic E-state index is 0.0747. The quantitative estimate of drug-likeness (QED) is 0.233. The van der Waals surface area contributed by atoms with Gasteiger partial charge in [0, 0.05) is 29.1 Å². The fourth-order valence-electron chi connectivity index (χ4n) is 4.39. The number of thiophene rings is 1. The molecule has 4 aromatic rings. The van der Waals surface area contributed by atoms with E-state index in [0.717, 1.165) is 10.4 Å². The molecule has 7 nitrogen and oxygen atoms in total. The lowest BCUT2D eigenvalue weighted by Crippen LogP contribution is -2.35. The maximum Gasteiger partial charge on any atom is 0.305 e. The smallest absolute Gasteiger partial charge is 0.305 e. The Labute approximate surface area is 231 Å². The molecule has 1 heterocycles. The summed E-state index contributed by atoms with van der Waals surface area (Å²) in [6.45, 7) is 0.180. The number of benzene rings is 3. The minimum atomic E-state index is -0.976. The van der Waals surface area contributed by atoms with Crippen LogP contribution in [0.4, 0.5) is 0 Å². The molecule has 3 aromatic carbocycles. The van der Waals surface area contributed by atoms with Crippen LogP contribution in [-0.2, 0) is 11.2 Å². The summed E-state index contributed by atoms with van der Waals surface area (Å²) in [6.07, 6.45) is 0.450. The lowest BCUT2D eigenvalue weighted by molar-refractivity contribution is -0.137. The van der Waals surface area contributed by atoms with Crippen LogP contribution in [0.25, 0.3) is 11.1 Å². The van der Waals surface area contributed by atoms with Crippen LogP contribution in [0.15, 0.2) is 96.4 Å². The largest absolute Gasteiger partial charge is 0.481 e. The third-order valence-corrected chi connectivity index (χ3v) is 7.34. The third-order valence-electron chi connectivity index (χ3n) is 6.40. The fourth-order valence-corrected chi connectivity index (χ4v) is 5.09. The van der Waals surface area contributed by atoms with Crippen molar-refractivity contribution >= 4 is 29.1 Å². The van der Waals surface area contributed by atoms with Gasteiger partial charge in [0.2, 0.25) is 0 Å². The van der Waals surface area contributed by atoms with Gasteiger partial charge in [-0.15, -0.1) is 11.3 Å². The first-order valence-corrected chi connectivity index (χ1v) is 13.5. The third kappa shape index (κ3) is 7.19. The number of nitrogens with zero attached hydrogens (tertiary/aromatic N) is 1. The van der Waals surface area contributed by atoms with Crippen LogP contribution in [0.1, 0.15) is 43.6 Å². The van der Waals surface area contributed by atoms with Gasteiger partial charge in [0.05, 0.1) is 19.1 Å². The molecule has 0 unspecified atom stereocenters. The van der Waals surface area contributed by atoms with Crippen molar-refractivity contribution in [2.24, 2.45) is 0 Å². The molecule has 1 aromatic heterocycles. The highest BCUT2D eigenvalue weighted by atomic mass is 32.1. The van der Waals surface area contributed by atoms with E-state index in [2.05, 4.69) is 5.32 Å². The zero-order valence-electron chi connectivity index (χ0n) is 21.3. The van der Waals surface area contributed by atoms with Gasteiger partial charge in [-0.05, 0) is 46.7 Å². The van der Waals surface area contributed by atoms with E-state index in [1.807, 2.05) is 47.8 Å². The van der Waals surface area contributed by atoms with Crippen molar-refractivity contribution in [2.45, 2.75) is 18.9 Å². The number of nitrogens with one attached hydrogen (secondary N) is 1. The van der Waals surface area contributed by atoms with Crippen molar-refractivity contribution < 1.29 is 24.6 Å². The van der Waals surface area contributed by atoms with E-state index in [-0.39, 0.29) is 31.4 Å². The molecule has 200 valence electrons. The summed E-state index contributed by atoms with van der Waals surface area (Å²) in [7, 11) is 0. The predicted molar refractivity (Wildman–Crippen MR) is 152 cm³/mol. The molecule has 8 heteroatoms. The average Bonchev–Trinajstić information content (AvgIpc) is 3.49. The second kappa shape index (κ2) is 13.5. The molecule has 4 rings (SSSR count). The zero-order chi connectivity index (χ0) is 27.6. The second-order valence-corrected chi connectivity index (χ2v) is 10.0. The molecule has 0 aliphatic heterocycles. The first-order chi connectivity index (χ1) is 19.0. The summed E-state index contributed by atoms with van der Waals surface area (Å²) in [4.78, 5) is 41.2. The van der Waals surface area contributed by atoms with Gasteiger partial charge in [-0.1, -0.05) is 72.8 Å². The Morgan fingerprint density at radius 1 is 0.795 bits per heavy atom. The average molecular weight is 543 g/mol. The van der Waals surface area contributed by atoms with Crippen molar-refractivity contribution in [2.75, 3.05) is 19.7 Å². The second-order valence-electron chi connectivity index (χ2n) is 8.98. The summed E-state index contributed by atoms with van der Waals surface area (Å²) in [5.41, 5.74) is 2.67. The summed E-state index contributed by atoms with van der Waals surface area (Å²) in [6, 6.07) is 26.6. The topological polar surface area (TPSA) is 107 Å². The SMILES string of the molecule is O=C(O)CCN(CCc1cccs1)C(=O)c1ccccc1-c1ccccc1C(=O)N[C@@H](CO)c1ccccc1. The highest BCUT2D eigenvalue weighted by molar-refractivity contribution is 7.09. The molecule has 0 spiro atoms. The number of rotatable bonds is 12. The minimum Gasteiger partial charge on any atom is -0.481 e. The summed E-state index contributed by atoms with van der Waals surface area (Å²) >= 11 is 1.59. The van der Waals surface area contributed by atoms with Gasteiger partial charge in [-0.3, -0.25) is 14.4 Å². The maximum atomic E-state index is 13.8.